The molecule has 0 spiro atoms. The third-order valence-electron chi connectivity index (χ3n) is 5.46. The summed E-state index contributed by atoms with van der Waals surface area (Å²) in [5, 5.41) is 11.7. The third kappa shape index (κ3) is 4.27. The molecule has 4 rings (SSSR count). The Hall–Kier alpha value is -3.84. The molecule has 0 unspecified atom stereocenters. The van der Waals surface area contributed by atoms with Crippen molar-refractivity contribution < 1.29 is 24.2 Å². The average molecular weight is 465 g/mol. The minimum absolute atomic E-state index is 0.0153. The largest absolute Gasteiger partial charge is 0.507 e. The normalized spacial score (nSPS) is 17.3. The standard InChI is InChI=1S/C25H21ClN2O5/c1-32-19-10-7-17(12-20(19)33-2)23(29)21-22(16-5-8-18(26)9-6-16)28(25(31)24(21)30)14-15-4-3-11-27-13-15/h3-13,22,29H,14H2,1-2H3/t22-/m1/s1. The van der Waals surface area contributed by atoms with Gasteiger partial charge in [-0.1, -0.05) is 29.8 Å². The molecule has 2 aromatic carbocycles. The summed E-state index contributed by atoms with van der Waals surface area (Å²) in [5.41, 5.74) is 1.71. The monoisotopic (exact) mass is 464 g/mol. The number of pyridine rings is 1. The number of Topliss-reactive ketones (excluding diaryl/α,β-unsaturated/α-hetero) is 1. The second-order valence-corrected chi connectivity index (χ2v) is 7.85. The van der Waals surface area contributed by atoms with Gasteiger partial charge in [-0.3, -0.25) is 14.6 Å². The molecule has 1 aliphatic heterocycles. The Morgan fingerprint density at radius 1 is 1.06 bits per heavy atom. The van der Waals surface area contributed by atoms with E-state index in [0.29, 0.717) is 27.6 Å². The van der Waals surface area contributed by atoms with Gasteiger partial charge < -0.3 is 19.5 Å². The van der Waals surface area contributed by atoms with E-state index in [1.54, 1.807) is 60.9 Å². The number of carbonyl (C=O) groups is 2. The molecule has 1 N–H and O–H groups in total. The van der Waals surface area contributed by atoms with Gasteiger partial charge in [0.1, 0.15) is 5.76 Å². The van der Waals surface area contributed by atoms with Crippen molar-refractivity contribution in [2.75, 3.05) is 14.2 Å². The number of hydrogen-bond acceptors (Lipinski definition) is 6. The zero-order chi connectivity index (χ0) is 23.5. The molecule has 0 bridgehead atoms. The van der Waals surface area contributed by atoms with Gasteiger partial charge >= 0.3 is 0 Å². The Morgan fingerprint density at radius 3 is 2.42 bits per heavy atom. The number of hydrogen-bond donors (Lipinski definition) is 1. The second-order valence-electron chi connectivity index (χ2n) is 7.41. The van der Waals surface area contributed by atoms with Crippen molar-refractivity contribution in [1.29, 1.82) is 0 Å². The second kappa shape index (κ2) is 9.34. The average Bonchev–Trinajstić information content (AvgIpc) is 3.09. The van der Waals surface area contributed by atoms with E-state index in [1.807, 2.05) is 6.07 Å². The Labute approximate surface area is 195 Å². The van der Waals surface area contributed by atoms with Crippen molar-refractivity contribution in [3.63, 3.8) is 0 Å². The molecule has 168 valence electrons. The number of ether oxygens (including phenoxy) is 2. The highest BCUT2D eigenvalue weighted by atomic mass is 35.5. The van der Waals surface area contributed by atoms with E-state index in [4.69, 9.17) is 21.1 Å². The summed E-state index contributed by atoms with van der Waals surface area (Å²) in [6.07, 6.45) is 3.26. The lowest BCUT2D eigenvalue weighted by Gasteiger charge is -2.25. The highest BCUT2D eigenvalue weighted by Gasteiger charge is 2.46. The lowest BCUT2D eigenvalue weighted by atomic mass is 9.95. The first-order valence-corrected chi connectivity index (χ1v) is 10.5. The van der Waals surface area contributed by atoms with Crippen molar-refractivity contribution in [1.82, 2.24) is 9.88 Å². The number of rotatable bonds is 6. The fraction of sp³-hybridized carbons (Fsp3) is 0.160. The molecule has 0 saturated carbocycles. The number of amides is 1. The summed E-state index contributed by atoms with van der Waals surface area (Å²) in [6, 6.07) is 14.4. The van der Waals surface area contributed by atoms with Crippen LogP contribution >= 0.6 is 11.6 Å². The van der Waals surface area contributed by atoms with Crippen LogP contribution in [0.4, 0.5) is 0 Å². The third-order valence-corrected chi connectivity index (χ3v) is 5.71. The number of aromatic nitrogens is 1. The van der Waals surface area contributed by atoms with Crippen LogP contribution in [0, 0.1) is 0 Å². The van der Waals surface area contributed by atoms with Crippen LogP contribution < -0.4 is 9.47 Å². The fourth-order valence-electron chi connectivity index (χ4n) is 3.86. The molecule has 1 fully saturated rings. The molecular weight excluding hydrogens is 444 g/mol. The maximum Gasteiger partial charge on any atom is 0.295 e. The van der Waals surface area contributed by atoms with Crippen molar-refractivity contribution in [2.45, 2.75) is 12.6 Å². The lowest BCUT2D eigenvalue weighted by Crippen LogP contribution is -2.29. The summed E-state index contributed by atoms with van der Waals surface area (Å²) in [4.78, 5) is 31.7. The van der Waals surface area contributed by atoms with Crippen LogP contribution in [-0.4, -0.2) is 40.9 Å². The van der Waals surface area contributed by atoms with Crippen LogP contribution in [0.25, 0.3) is 5.76 Å². The number of carbonyl (C=O) groups excluding carboxylic acids is 2. The Kier molecular flexibility index (Phi) is 6.33. The molecule has 1 aliphatic rings. The van der Waals surface area contributed by atoms with Gasteiger partial charge in [-0.2, -0.15) is 0 Å². The van der Waals surface area contributed by atoms with Gasteiger partial charge in [0.15, 0.2) is 11.5 Å². The van der Waals surface area contributed by atoms with E-state index in [2.05, 4.69) is 4.98 Å². The molecule has 3 aromatic rings. The smallest absolute Gasteiger partial charge is 0.295 e. The van der Waals surface area contributed by atoms with Gasteiger partial charge in [-0.15, -0.1) is 0 Å². The van der Waals surface area contributed by atoms with Gasteiger partial charge in [-0.25, -0.2) is 0 Å². The van der Waals surface area contributed by atoms with E-state index >= 15 is 0 Å². The van der Waals surface area contributed by atoms with Crippen LogP contribution in [0.2, 0.25) is 5.02 Å². The topological polar surface area (TPSA) is 89.0 Å². The van der Waals surface area contributed by atoms with Gasteiger partial charge in [0, 0.05) is 29.5 Å². The minimum Gasteiger partial charge on any atom is -0.507 e. The Balaban J connectivity index is 1.86. The van der Waals surface area contributed by atoms with E-state index < -0.39 is 17.7 Å². The zero-order valence-electron chi connectivity index (χ0n) is 18.0. The molecule has 0 aliphatic carbocycles. The quantitative estimate of drug-likeness (QED) is 0.331. The number of ketones is 1. The van der Waals surface area contributed by atoms with Crippen LogP contribution in [0.1, 0.15) is 22.7 Å². The molecule has 2 heterocycles. The maximum atomic E-state index is 13.1. The summed E-state index contributed by atoms with van der Waals surface area (Å²) in [6.45, 7) is 0.147. The summed E-state index contributed by atoms with van der Waals surface area (Å²) in [5.74, 6) is -0.926. The van der Waals surface area contributed by atoms with Crippen molar-refractivity contribution >= 4 is 29.1 Å². The first kappa shape index (κ1) is 22.4. The minimum atomic E-state index is -0.810. The van der Waals surface area contributed by atoms with E-state index in [0.717, 1.165) is 5.56 Å². The van der Waals surface area contributed by atoms with E-state index in [9.17, 15) is 14.7 Å². The predicted molar refractivity (Wildman–Crippen MR) is 123 cm³/mol. The maximum absolute atomic E-state index is 13.1. The molecule has 1 amide bonds. The highest BCUT2D eigenvalue weighted by Crippen LogP contribution is 2.41. The highest BCUT2D eigenvalue weighted by molar-refractivity contribution is 6.46. The Bertz CT molecular complexity index is 1230. The molecular formula is C25H21ClN2O5. The van der Waals surface area contributed by atoms with Crippen molar-refractivity contribution in [3.8, 4) is 11.5 Å². The number of nitrogens with zero attached hydrogens (tertiary/aromatic N) is 2. The van der Waals surface area contributed by atoms with E-state index in [-0.39, 0.29) is 17.9 Å². The number of aliphatic hydroxyl groups is 1. The number of methoxy groups -OCH3 is 2. The summed E-state index contributed by atoms with van der Waals surface area (Å²) >= 11 is 6.06. The molecule has 0 radical (unpaired) electrons. The number of aliphatic hydroxyl groups excluding tert-OH is 1. The number of benzene rings is 2. The molecule has 1 atom stereocenters. The van der Waals surface area contributed by atoms with Crippen LogP contribution in [-0.2, 0) is 16.1 Å². The van der Waals surface area contributed by atoms with Crippen molar-refractivity contribution in [2.24, 2.45) is 0 Å². The van der Waals surface area contributed by atoms with Crippen LogP contribution in [0.15, 0.2) is 72.6 Å². The zero-order valence-corrected chi connectivity index (χ0v) is 18.7. The summed E-state index contributed by atoms with van der Waals surface area (Å²) in [7, 11) is 2.98. The van der Waals surface area contributed by atoms with Crippen molar-refractivity contribution in [3.05, 3.63) is 94.3 Å². The molecule has 8 heteroatoms. The molecule has 33 heavy (non-hydrogen) atoms. The first-order valence-electron chi connectivity index (χ1n) is 10.1. The first-order chi connectivity index (χ1) is 15.9. The molecule has 1 saturated heterocycles. The molecule has 7 nitrogen and oxygen atoms in total. The van der Waals surface area contributed by atoms with E-state index in [1.165, 1.54) is 19.1 Å². The van der Waals surface area contributed by atoms with Gasteiger partial charge in [0.25, 0.3) is 11.7 Å². The predicted octanol–water partition coefficient (Wildman–Crippen LogP) is 4.37. The van der Waals surface area contributed by atoms with Gasteiger partial charge in [0.05, 0.1) is 25.8 Å². The van der Waals surface area contributed by atoms with Gasteiger partial charge in [0.2, 0.25) is 0 Å². The number of likely N-dealkylation sites (tertiary alicyclic amines) is 1. The lowest BCUT2D eigenvalue weighted by molar-refractivity contribution is -0.140. The summed E-state index contributed by atoms with van der Waals surface area (Å²) < 4.78 is 10.6. The fourth-order valence-corrected chi connectivity index (χ4v) is 3.99. The SMILES string of the molecule is COc1ccc(C(O)=C2C(=O)C(=O)N(Cc3cccnc3)[C@@H]2c2ccc(Cl)cc2)cc1OC. The van der Waals surface area contributed by atoms with Crippen LogP contribution in [0.5, 0.6) is 11.5 Å². The number of halogens is 1. The molecule has 1 aromatic heterocycles. The van der Waals surface area contributed by atoms with Crippen LogP contribution in [0.3, 0.4) is 0 Å². The van der Waals surface area contributed by atoms with Gasteiger partial charge in [-0.05, 0) is 47.5 Å². The Morgan fingerprint density at radius 2 is 1.79 bits per heavy atom.